The van der Waals surface area contributed by atoms with Crippen LogP contribution in [0.15, 0.2) is 24.3 Å². The van der Waals surface area contributed by atoms with Gasteiger partial charge in [-0.2, -0.15) is 0 Å². The first-order valence-electron chi connectivity index (χ1n) is 5.62. The monoisotopic (exact) mass is 234 g/mol. The van der Waals surface area contributed by atoms with Gasteiger partial charge >= 0.3 is 0 Å². The van der Waals surface area contributed by atoms with Crippen LogP contribution in [0.5, 0.6) is 0 Å². The number of aliphatic hydroxyl groups excluding tert-OH is 1. The van der Waals surface area contributed by atoms with E-state index in [0.717, 1.165) is 10.9 Å². The lowest BCUT2D eigenvalue weighted by Gasteiger charge is -2.08. The first-order chi connectivity index (χ1) is 8.20. The highest BCUT2D eigenvalue weighted by Crippen LogP contribution is 2.20. The van der Waals surface area contributed by atoms with Crippen molar-refractivity contribution in [3.05, 3.63) is 35.6 Å². The van der Waals surface area contributed by atoms with Gasteiger partial charge in [0.1, 0.15) is 11.6 Å². The molecule has 0 atom stereocenters. The zero-order chi connectivity index (χ0) is 12.3. The smallest absolute Gasteiger partial charge is 0.126 e. The first kappa shape index (κ1) is 11.8. The van der Waals surface area contributed by atoms with Crippen molar-refractivity contribution in [2.45, 2.75) is 13.3 Å². The van der Waals surface area contributed by atoms with Gasteiger partial charge in [-0.05, 0) is 37.1 Å². The van der Waals surface area contributed by atoms with Gasteiger partial charge in [-0.3, -0.25) is 0 Å². The third kappa shape index (κ3) is 2.71. The molecule has 2 aromatic rings. The van der Waals surface area contributed by atoms with Crippen LogP contribution in [-0.4, -0.2) is 23.2 Å². The number of hydrogen-bond acceptors (Lipinski definition) is 3. The van der Waals surface area contributed by atoms with E-state index >= 15 is 0 Å². The second-order valence-corrected chi connectivity index (χ2v) is 3.99. The third-order valence-electron chi connectivity index (χ3n) is 2.62. The van der Waals surface area contributed by atoms with Crippen molar-refractivity contribution in [1.82, 2.24) is 4.98 Å². The van der Waals surface area contributed by atoms with Crippen LogP contribution in [0.4, 0.5) is 10.2 Å². The predicted molar refractivity (Wildman–Crippen MR) is 66.6 cm³/mol. The number of nitrogens with one attached hydrogen (secondary N) is 1. The number of benzene rings is 1. The van der Waals surface area contributed by atoms with Gasteiger partial charge in [-0.25, -0.2) is 9.37 Å². The summed E-state index contributed by atoms with van der Waals surface area (Å²) in [5.74, 6) is 0.436. The fourth-order valence-corrected chi connectivity index (χ4v) is 1.76. The van der Waals surface area contributed by atoms with Crippen molar-refractivity contribution in [3.8, 4) is 0 Å². The average molecular weight is 234 g/mol. The van der Waals surface area contributed by atoms with E-state index in [9.17, 15) is 4.39 Å². The number of halogens is 1. The molecule has 0 spiro atoms. The molecule has 90 valence electrons. The largest absolute Gasteiger partial charge is 0.396 e. The Morgan fingerprint density at radius 3 is 2.94 bits per heavy atom. The highest BCUT2D eigenvalue weighted by atomic mass is 19.1. The number of fused-ring (bicyclic) bond motifs is 1. The molecule has 0 saturated carbocycles. The van der Waals surface area contributed by atoms with Gasteiger partial charge in [0.05, 0.1) is 5.52 Å². The Hall–Kier alpha value is -1.68. The van der Waals surface area contributed by atoms with Crippen LogP contribution in [0, 0.1) is 12.7 Å². The van der Waals surface area contributed by atoms with Crippen molar-refractivity contribution in [3.63, 3.8) is 0 Å². The highest BCUT2D eigenvalue weighted by molar-refractivity contribution is 5.83. The fraction of sp³-hybridized carbons (Fsp3) is 0.308. The van der Waals surface area contributed by atoms with E-state index in [1.54, 1.807) is 6.07 Å². The second kappa shape index (κ2) is 5.10. The highest BCUT2D eigenvalue weighted by Gasteiger charge is 2.03. The van der Waals surface area contributed by atoms with E-state index < -0.39 is 0 Å². The molecule has 1 aromatic carbocycles. The number of hydrogen-bond donors (Lipinski definition) is 2. The van der Waals surface area contributed by atoms with Gasteiger partial charge in [0, 0.05) is 24.6 Å². The Balaban J connectivity index is 2.33. The van der Waals surface area contributed by atoms with Crippen molar-refractivity contribution >= 4 is 16.7 Å². The molecule has 1 heterocycles. The standard InChI is InChI=1S/C13H15FN2O/c1-9-7-13(15-5-2-6-17)16-12-8-10(14)3-4-11(9)12/h3-4,7-8,17H,2,5-6H2,1H3,(H,15,16). The Labute approximate surface area is 99.3 Å². The van der Waals surface area contributed by atoms with E-state index in [-0.39, 0.29) is 12.4 Å². The van der Waals surface area contributed by atoms with E-state index in [0.29, 0.717) is 24.3 Å². The van der Waals surface area contributed by atoms with Gasteiger partial charge in [-0.1, -0.05) is 0 Å². The van der Waals surface area contributed by atoms with E-state index in [2.05, 4.69) is 10.3 Å². The molecule has 0 saturated heterocycles. The summed E-state index contributed by atoms with van der Waals surface area (Å²) in [6.45, 7) is 2.77. The molecule has 4 heteroatoms. The first-order valence-corrected chi connectivity index (χ1v) is 5.62. The Morgan fingerprint density at radius 2 is 2.18 bits per heavy atom. The minimum Gasteiger partial charge on any atom is -0.396 e. The maximum atomic E-state index is 13.1. The van der Waals surface area contributed by atoms with E-state index in [1.807, 2.05) is 13.0 Å². The van der Waals surface area contributed by atoms with Crippen LogP contribution in [-0.2, 0) is 0 Å². The van der Waals surface area contributed by atoms with Crippen LogP contribution < -0.4 is 5.32 Å². The molecule has 2 N–H and O–H groups in total. The van der Waals surface area contributed by atoms with E-state index in [1.165, 1.54) is 12.1 Å². The number of aryl methyl sites for hydroxylation is 1. The molecule has 0 aliphatic rings. The third-order valence-corrected chi connectivity index (χ3v) is 2.62. The number of anilines is 1. The van der Waals surface area contributed by atoms with Crippen LogP contribution in [0.3, 0.4) is 0 Å². The molecule has 0 aliphatic heterocycles. The lowest BCUT2D eigenvalue weighted by atomic mass is 10.1. The second-order valence-electron chi connectivity index (χ2n) is 3.99. The number of aliphatic hydroxyl groups is 1. The minimum absolute atomic E-state index is 0.147. The number of nitrogens with zero attached hydrogens (tertiary/aromatic N) is 1. The molecule has 0 bridgehead atoms. The number of rotatable bonds is 4. The summed E-state index contributed by atoms with van der Waals surface area (Å²) in [5.41, 5.74) is 1.71. The van der Waals surface area contributed by atoms with Crippen LogP contribution >= 0.6 is 0 Å². The van der Waals surface area contributed by atoms with Crippen LogP contribution in [0.25, 0.3) is 10.9 Å². The quantitative estimate of drug-likeness (QED) is 0.799. The van der Waals surface area contributed by atoms with Crippen molar-refractivity contribution in [2.24, 2.45) is 0 Å². The van der Waals surface area contributed by atoms with Gasteiger partial charge in [0.15, 0.2) is 0 Å². The topological polar surface area (TPSA) is 45.1 Å². The fourth-order valence-electron chi connectivity index (χ4n) is 1.76. The summed E-state index contributed by atoms with van der Waals surface area (Å²) in [7, 11) is 0. The summed E-state index contributed by atoms with van der Waals surface area (Å²) in [4.78, 5) is 4.34. The molecule has 0 radical (unpaired) electrons. The number of pyridine rings is 1. The maximum Gasteiger partial charge on any atom is 0.126 e. The zero-order valence-electron chi connectivity index (χ0n) is 9.70. The van der Waals surface area contributed by atoms with Crippen molar-refractivity contribution in [2.75, 3.05) is 18.5 Å². The molecule has 0 unspecified atom stereocenters. The maximum absolute atomic E-state index is 13.1. The molecular formula is C13H15FN2O. The molecule has 1 aromatic heterocycles. The molecule has 2 rings (SSSR count). The van der Waals surface area contributed by atoms with Crippen molar-refractivity contribution < 1.29 is 9.50 Å². The number of aromatic nitrogens is 1. The van der Waals surface area contributed by atoms with Crippen LogP contribution in [0.2, 0.25) is 0 Å². The van der Waals surface area contributed by atoms with Gasteiger partial charge in [0.2, 0.25) is 0 Å². The molecule has 3 nitrogen and oxygen atoms in total. The zero-order valence-corrected chi connectivity index (χ0v) is 9.70. The van der Waals surface area contributed by atoms with Crippen LogP contribution in [0.1, 0.15) is 12.0 Å². The summed E-state index contributed by atoms with van der Waals surface area (Å²) in [6.07, 6.45) is 0.669. The SMILES string of the molecule is Cc1cc(NCCCO)nc2cc(F)ccc12. The Morgan fingerprint density at radius 1 is 1.35 bits per heavy atom. The molecule has 0 fully saturated rings. The summed E-state index contributed by atoms with van der Waals surface area (Å²) >= 11 is 0. The summed E-state index contributed by atoms with van der Waals surface area (Å²) in [5, 5.41) is 12.8. The van der Waals surface area contributed by atoms with Gasteiger partial charge in [-0.15, -0.1) is 0 Å². The van der Waals surface area contributed by atoms with Crippen molar-refractivity contribution in [1.29, 1.82) is 0 Å². The Bertz CT molecular complexity index is 528. The molecule has 0 amide bonds. The van der Waals surface area contributed by atoms with Gasteiger partial charge in [0.25, 0.3) is 0 Å². The predicted octanol–water partition coefficient (Wildman–Crippen LogP) is 2.48. The van der Waals surface area contributed by atoms with Gasteiger partial charge < -0.3 is 10.4 Å². The summed E-state index contributed by atoms with van der Waals surface area (Å²) < 4.78 is 13.1. The normalized spacial score (nSPS) is 10.8. The Kier molecular flexibility index (Phi) is 3.54. The minimum atomic E-state index is -0.281. The molecular weight excluding hydrogens is 219 g/mol. The molecule has 0 aliphatic carbocycles. The lowest BCUT2D eigenvalue weighted by Crippen LogP contribution is -2.05. The van der Waals surface area contributed by atoms with E-state index in [4.69, 9.17) is 5.11 Å². The molecule has 17 heavy (non-hydrogen) atoms. The summed E-state index contributed by atoms with van der Waals surface area (Å²) in [6, 6.07) is 6.54. The average Bonchev–Trinajstić information content (AvgIpc) is 2.28. The lowest BCUT2D eigenvalue weighted by molar-refractivity contribution is 0.292.